The predicted molar refractivity (Wildman–Crippen MR) is 80.9 cm³/mol. The van der Waals surface area contributed by atoms with Gasteiger partial charge in [0, 0.05) is 11.1 Å². The second-order valence-electron chi connectivity index (χ2n) is 4.87. The highest BCUT2D eigenvalue weighted by Crippen LogP contribution is 2.29. The van der Waals surface area contributed by atoms with E-state index in [-0.39, 0.29) is 5.78 Å². The number of benzene rings is 3. The van der Waals surface area contributed by atoms with Crippen LogP contribution in [0.1, 0.15) is 15.9 Å². The molecule has 3 aromatic rings. The van der Waals surface area contributed by atoms with Crippen LogP contribution in [0.2, 0.25) is 0 Å². The maximum Gasteiger partial charge on any atom is 0.214 e. The molecule has 2 nitrogen and oxygen atoms in total. The van der Waals surface area contributed by atoms with Crippen molar-refractivity contribution < 1.29 is 4.79 Å². The zero-order chi connectivity index (χ0) is 13.5. The number of aliphatic imine (C=N–C) groups is 1. The summed E-state index contributed by atoms with van der Waals surface area (Å²) in [5.74, 6) is 0.0101. The molecular formula is C18H11NO. The topological polar surface area (TPSA) is 29.4 Å². The smallest absolute Gasteiger partial charge is 0.214 e. The molecule has 2 heteroatoms. The Morgan fingerprint density at radius 1 is 0.750 bits per heavy atom. The highest BCUT2D eigenvalue weighted by atomic mass is 16.1. The summed E-state index contributed by atoms with van der Waals surface area (Å²) in [6.45, 7) is 0. The summed E-state index contributed by atoms with van der Waals surface area (Å²) in [7, 11) is 0. The van der Waals surface area contributed by atoms with Gasteiger partial charge in [-0.25, -0.2) is 4.99 Å². The molecule has 0 spiro atoms. The molecule has 0 fully saturated rings. The number of hydrogen-bond acceptors (Lipinski definition) is 2. The second kappa shape index (κ2) is 4.14. The Balaban J connectivity index is 1.87. The third-order valence-corrected chi connectivity index (χ3v) is 3.62. The van der Waals surface area contributed by atoms with Crippen molar-refractivity contribution in [1.29, 1.82) is 0 Å². The van der Waals surface area contributed by atoms with Gasteiger partial charge in [0.15, 0.2) is 0 Å². The third kappa shape index (κ3) is 1.58. The molecule has 0 unspecified atom stereocenters. The first-order chi connectivity index (χ1) is 9.83. The third-order valence-electron chi connectivity index (χ3n) is 3.62. The van der Waals surface area contributed by atoms with Crippen LogP contribution in [-0.4, -0.2) is 11.5 Å². The van der Waals surface area contributed by atoms with Gasteiger partial charge in [-0.15, -0.1) is 0 Å². The molecule has 0 amide bonds. The molecule has 0 atom stereocenters. The Kier molecular flexibility index (Phi) is 2.30. The summed E-state index contributed by atoms with van der Waals surface area (Å²) in [5.41, 5.74) is 2.87. The highest BCUT2D eigenvalue weighted by Gasteiger charge is 2.25. The molecular weight excluding hydrogens is 246 g/mol. The highest BCUT2D eigenvalue weighted by molar-refractivity contribution is 6.55. The minimum absolute atomic E-state index is 0.0101. The molecule has 1 aliphatic heterocycles. The molecule has 0 aliphatic carbocycles. The lowest BCUT2D eigenvalue weighted by molar-refractivity contribution is 0.107. The van der Waals surface area contributed by atoms with E-state index in [1.54, 1.807) is 0 Å². The van der Waals surface area contributed by atoms with Crippen molar-refractivity contribution in [2.24, 2.45) is 4.99 Å². The van der Waals surface area contributed by atoms with Crippen LogP contribution in [0.3, 0.4) is 0 Å². The van der Waals surface area contributed by atoms with Gasteiger partial charge in [-0.2, -0.15) is 0 Å². The standard InChI is InChI=1S/C18H11NO/c20-18-15-7-3-4-8-16(15)19-17(18)14-10-9-12-5-1-2-6-13(12)11-14/h1-11H. The van der Waals surface area contributed by atoms with E-state index in [9.17, 15) is 4.79 Å². The second-order valence-corrected chi connectivity index (χ2v) is 4.87. The fourth-order valence-electron chi connectivity index (χ4n) is 2.59. The number of Topliss-reactive ketones (excluding diaryl/α,β-unsaturated/α-hetero) is 1. The van der Waals surface area contributed by atoms with E-state index in [2.05, 4.69) is 11.1 Å². The van der Waals surface area contributed by atoms with Gasteiger partial charge >= 0.3 is 0 Å². The average molecular weight is 257 g/mol. The Morgan fingerprint density at radius 2 is 1.50 bits per heavy atom. The first-order valence-corrected chi connectivity index (χ1v) is 6.54. The van der Waals surface area contributed by atoms with E-state index in [1.165, 1.54) is 5.39 Å². The summed E-state index contributed by atoms with van der Waals surface area (Å²) in [6, 6.07) is 21.6. The monoisotopic (exact) mass is 257 g/mol. The van der Waals surface area contributed by atoms with Crippen LogP contribution in [-0.2, 0) is 0 Å². The fraction of sp³-hybridized carbons (Fsp3) is 0. The molecule has 20 heavy (non-hydrogen) atoms. The van der Waals surface area contributed by atoms with Gasteiger partial charge in [0.25, 0.3) is 0 Å². The average Bonchev–Trinajstić information content (AvgIpc) is 2.84. The largest absolute Gasteiger partial charge is 0.287 e. The van der Waals surface area contributed by atoms with Crippen molar-refractivity contribution in [2.75, 3.05) is 0 Å². The van der Waals surface area contributed by atoms with Gasteiger partial charge < -0.3 is 0 Å². The van der Waals surface area contributed by atoms with Crippen molar-refractivity contribution in [2.45, 2.75) is 0 Å². The molecule has 0 saturated carbocycles. The normalized spacial score (nSPS) is 13.4. The summed E-state index contributed by atoms with van der Waals surface area (Å²) < 4.78 is 0. The van der Waals surface area contributed by atoms with Crippen LogP contribution in [0.4, 0.5) is 5.69 Å². The van der Waals surface area contributed by atoms with E-state index in [0.29, 0.717) is 11.3 Å². The lowest BCUT2D eigenvalue weighted by Crippen LogP contribution is -2.10. The van der Waals surface area contributed by atoms with Crippen LogP contribution in [0.5, 0.6) is 0 Å². The van der Waals surface area contributed by atoms with E-state index in [1.807, 2.05) is 60.7 Å². The van der Waals surface area contributed by atoms with Gasteiger partial charge in [-0.1, -0.05) is 48.5 Å². The van der Waals surface area contributed by atoms with Gasteiger partial charge in [0.1, 0.15) is 5.71 Å². The van der Waals surface area contributed by atoms with Crippen molar-refractivity contribution in [3.8, 4) is 0 Å². The number of para-hydroxylation sites is 1. The quantitative estimate of drug-likeness (QED) is 0.643. The van der Waals surface area contributed by atoms with Gasteiger partial charge in [-0.3, -0.25) is 4.79 Å². The van der Waals surface area contributed by atoms with Gasteiger partial charge in [0.05, 0.1) is 5.69 Å². The number of ketones is 1. The number of fused-ring (bicyclic) bond motifs is 2. The minimum Gasteiger partial charge on any atom is -0.287 e. The number of nitrogens with zero attached hydrogens (tertiary/aromatic N) is 1. The maximum atomic E-state index is 12.4. The van der Waals surface area contributed by atoms with Crippen LogP contribution < -0.4 is 0 Å². The predicted octanol–water partition coefficient (Wildman–Crippen LogP) is 4.16. The molecule has 0 bridgehead atoms. The van der Waals surface area contributed by atoms with Crippen LogP contribution >= 0.6 is 0 Å². The number of carbonyl (C=O) groups is 1. The number of carbonyl (C=O) groups excluding carboxylic acids is 1. The first kappa shape index (κ1) is 11.1. The Labute approximate surface area is 116 Å². The summed E-state index contributed by atoms with van der Waals surface area (Å²) in [5, 5.41) is 2.29. The lowest BCUT2D eigenvalue weighted by Gasteiger charge is -2.02. The number of hydrogen-bond donors (Lipinski definition) is 0. The van der Waals surface area contributed by atoms with E-state index in [0.717, 1.165) is 16.6 Å². The number of rotatable bonds is 1. The zero-order valence-electron chi connectivity index (χ0n) is 10.7. The van der Waals surface area contributed by atoms with E-state index < -0.39 is 0 Å². The summed E-state index contributed by atoms with van der Waals surface area (Å²) in [4.78, 5) is 16.9. The van der Waals surface area contributed by atoms with Crippen molar-refractivity contribution in [1.82, 2.24) is 0 Å². The molecule has 4 rings (SSSR count). The fourth-order valence-corrected chi connectivity index (χ4v) is 2.59. The molecule has 1 heterocycles. The molecule has 94 valence electrons. The SMILES string of the molecule is O=C1C(c2ccc3ccccc3c2)=Nc2ccccc21. The molecule has 0 N–H and O–H groups in total. The molecule has 0 saturated heterocycles. The summed E-state index contributed by atoms with van der Waals surface area (Å²) >= 11 is 0. The van der Waals surface area contributed by atoms with E-state index >= 15 is 0 Å². The Hall–Kier alpha value is -2.74. The Bertz CT molecular complexity index is 877. The molecule has 3 aromatic carbocycles. The first-order valence-electron chi connectivity index (χ1n) is 6.54. The van der Waals surface area contributed by atoms with Crippen molar-refractivity contribution in [3.05, 3.63) is 77.9 Å². The minimum atomic E-state index is 0.0101. The molecule has 0 radical (unpaired) electrons. The summed E-state index contributed by atoms with van der Waals surface area (Å²) in [6.07, 6.45) is 0. The molecule has 0 aromatic heterocycles. The Morgan fingerprint density at radius 3 is 2.35 bits per heavy atom. The maximum absolute atomic E-state index is 12.4. The molecule has 1 aliphatic rings. The lowest BCUT2D eigenvalue weighted by atomic mass is 10.00. The van der Waals surface area contributed by atoms with Crippen LogP contribution in [0.15, 0.2) is 71.7 Å². The zero-order valence-corrected chi connectivity index (χ0v) is 10.7. The van der Waals surface area contributed by atoms with E-state index in [4.69, 9.17) is 0 Å². The van der Waals surface area contributed by atoms with Crippen molar-refractivity contribution >= 4 is 28.0 Å². The van der Waals surface area contributed by atoms with Gasteiger partial charge in [-0.05, 0) is 29.0 Å². The van der Waals surface area contributed by atoms with Crippen LogP contribution in [0.25, 0.3) is 10.8 Å². The van der Waals surface area contributed by atoms with Gasteiger partial charge in [0.2, 0.25) is 5.78 Å². The van der Waals surface area contributed by atoms with Crippen molar-refractivity contribution in [3.63, 3.8) is 0 Å². The van der Waals surface area contributed by atoms with Crippen LogP contribution in [0, 0.1) is 0 Å².